The molecule has 0 N–H and O–H groups in total. The zero-order valence-electron chi connectivity index (χ0n) is 16.2. The summed E-state index contributed by atoms with van der Waals surface area (Å²) in [6, 6.07) is 9.79. The third kappa shape index (κ3) is 3.58. The number of aromatic nitrogens is 2. The molecule has 1 aromatic heterocycles. The van der Waals surface area contributed by atoms with Crippen molar-refractivity contribution in [2.45, 2.75) is 26.2 Å². The van der Waals surface area contributed by atoms with Crippen LogP contribution >= 0.6 is 11.6 Å². The van der Waals surface area contributed by atoms with Gasteiger partial charge in [-0.2, -0.15) is 5.10 Å². The van der Waals surface area contributed by atoms with Gasteiger partial charge in [-0.1, -0.05) is 41.9 Å². The van der Waals surface area contributed by atoms with Crippen LogP contribution in [0.4, 0.5) is 0 Å². The Labute approximate surface area is 164 Å². The molecule has 1 aliphatic heterocycles. The lowest BCUT2D eigenvalue weighted by atomic mass is 9.83. The SMILES string of the molecule is Cc1nn(C)c(Cl)c1C(=O)N1CCN(C(=O)C(C)(C)c2ccccc2)CC1. The van der Waals surface area contributed by atoms with Gasteiger partial charge in [-0.3, -0.25) is 14.3 Å². The van der Waals surface area contributed by atoms with Crippen LogP contribution in [0.25, 0.3) is 0 Å². The van der Waals surface area contributed by atoms with E-state index in [1.807, 2.05) is 49.1 Å². The van der Waals surface area contributed by atoms with Crippen molar-refractivity contribution in [3.8, 4) is 0 Å². The minimum Gasteiger partial charge on any atom is -0.338 e. The average molecular weight is 389 g/mol. The van der Waals surface area contributed by atoms with Crippen molar-refractivity contribution in [3.63, 3.8) is 0 Å². The maximum atomic E-state index is 13.1. The molecule has 0 spiro atoms. The van der Waals surface area contributed by atoms with Gasteiger partial charge in [0.1, 0.15) is 5.15 Å². The van der Waals surface area contributed by atoms with Crippen molar-refractivity contribution < 1.29 is 9.59 Å². The molecule has 2 heterocycles. The van der Waals surface area contributed by atoms with E-state index in [0.717, 1.165) is 5.56 Å². The Hall–Kier alpha value is -2.34. The first-order chi connectivity index (χ1) is 12.7. The molecule has 1 aromatic carbocycles. The highest BCUT2D eigenvalue weighted by Gasteiger charge is 2.36. The number of carbonyl (C=O) groups excluding carboxylic acids is 2. The molecule has 0 radical (unpaired) electrons. The van der Waals surface area contributed by atoms with Crippen molar-refractivity contribution in [2.75, 3.05) is 26.2 Å². The molecule has 144 valence electrons. The second-order valence-electron chi connectivity index (χ2n) is 7.45. The second kappa shape index (κ2) is 7.35. The molecule has 1 saturated heterocycles. The molecule has 7 heteroatoms. The van der Waals surface area contributed by atoms with E-state index in [4.69, 9.17) is 11.6 Å². The smallest absolute Gasteiger partial charge is 0.259 e. The van der Waals surface area contributed by atoms with E-state index in [9.17, 15) is 9.59 Å². The van der Waals surface area contributed by atoms with Gasteiger partial charge in [-0.25, -0.2) is 0 Å². The standard InChI is InChI=1S/C20H25ClN4O2/c1-14-16(17(21)23(4)22-14)18(26)24-10-12-25(13-11-24)19(27)20(2,3)15-8-6-5-7-9-15/h5-9H,10-13H2,1-4H3. The maximum absolute atomic E-state index is 13.1. The summed E-state index contributed by atoms with van der Waals surface area (Å²) in [4.78, 5) is 29.5. The zero-order valence-corrected chi connectivity index (χ0v) is 17.0. The third-order valence-electron chi connectivity index (χ3n) is 5.25. The molecule has 0 atom stereocenters. The molecule has 2 aromatic rings. The second-order valence-corrected chi connectivity index (χ2v) is 7.81. The lowest BCUT2D eigenvalue weighted by Gasteiger charge is -2.38. The molecule has 0 saturated carbocycles. The lowest BCUT2D eigenvalue weighted by Crippen LogP contribution is -2.54. The number of halogens is 1. The van der Waals surface area contributed by atoms with E-state index in [-0.39, 0.29) is 11.8 Å². The molecule has 6 nitrogen and oxygen atoms in total. The van der Waals surface area contributed by atoms with Crippen LogP contribution in [-0.4, -0.2) is 57.6 Å². The summed E-state index contributed by atoms with van der Waals surface area (Å²) in [7, 11) is 1.72. The molecular formula is C20H25ClN4O2. The van der Waals surface area contributed by atoms with Crippen molar-refractivity contribution in [1.29, 1.82) is 0 Å². The normalized spacial score (nSPS) is 15.1. The van der Waals surface area contributed by atoms with Crippen LogP contribution in [0.5, 0.6) is 0 Å². The highest BCUT2D eigenvalue weighted by atomic mass is 35.5. The number of rotatable bonds is 3. The Balaban J connectivity index is 1.68. The molecule has 27 heavy (non-hydrogen) atoms. The largest absolute Gasteiger partial charge is 0.338 e. The summed E-state index contributed by atoms with van der Waals surface area (Å²) in [5, 5.41) is 4.56. The fraction of sp³-hybridized carbons (Fsp3) is 0.450. The highest BCUT2D eigenvalue weighted by molar-refractivity contribution is 6.33. The van der Waals surface area contributed by atoms with Crippen molar-refractivity contribution in [1.82, 2.24) is 19.6 Å². The summed E-state index contributed by atoms with van der Waals surface area (Å²) in [6.07, 6.45) is 0. The summed E-state index contributed by atoms with van der Waals surface area (Å²) in [5.41, 5.74) is 1.46. The predicted molar refractivity (Wildman–Crippen MR) is 105 cm³/mol. The van der Waals surface area contributed by atoms with E-state index in [0.29, 0.717) is 42.6 Å². The molecule has 1 aliphatic rings. The summed E-state index contributed by atoms with van der Waals surface area (Å²) < 4.78 is 1.51. The minimum atomic E-state index is -0.601. The van der Waals surface area contributed by atoms with Gasteiger partial charge in [0.2, 0.25) is 5.91 Å². The molecule has 0 unspecified atom stereocenters. The Morgan fingerprint density at radius 3 is 2.11 bits per heavy atom. The van der Waals surface area contributed by atoms with Gasteiger partial charge >= 0.3 is 0 Å². The van der Waals surface area contributed by atoms with Gasteiger partial charge in [0, 0.05) is 33.2 Å². The average Bonchev–Trinajstić information content (AvgIpc) is 2.93. The number of hydrogen-bond acceptors (Lipinski definition) is 3. The minimum absolute atomic E-state index is 0.0800. The van der Waals surface area contributed by atoms with E-state index in [1.165, 1.54) is 4.68 Å². The Kier molecular flexibility index (Phi) is 5.29. The summed E-state index contributed by atoms with van der Waals surface area (Å²) in [5.74, 6) is -0.0450. The van der Waals surface area contributed by atoms with Crippen molar-refractivity contribution >= 4 is 23.4 Å². The van der Waals surface area contributed by atoms with Gasteiger partial charge in [-0.15, -0.1) is 0 Å². The monoisotopic (exact) mass is 388 g/mol. The number of amides is 2. The molecule has 3 rings (SSSR count). The van der Waals surface area contributed by atoms with Crippen molar-refractivity contribution in [3.05, 3.63) is 52.3 Å². The van der Waals surface area contributed by atoms with Gasteiger partial charge in [0.15, 0.2) is 0 Å². The topological polar surface area (TPSA) is 58.4 Å². The number of hydrogen-bond donors (Lipinski definition) is 0. The van der Waals surface area contributed by atoms with Gasteiger partial charge < -0.3 is 9.80 Å². The summed E-state index contributed by atoms with van der Waals surface area (Å²) >= 11 is 6.22. The van der Waals surface area contributed by atoms with E-state index < -0.39 is 5.41 Å². The van der Waals surface area contributed by atoms with Gasteiger partial charge in [0.25, 0.3) is 5.91 Å². The molecule has 2 amide bonds. The Morgan fingerprint density at radius 2 is 1.59 bits per heavy atom. The number of aryl methyl sites for hydroxylation is 2. The fourth-order valence-corrected chi connectivity index (χ4v) is 3.77. The van der Waals surface area contributed by atoms with Crippen LogP contribution in [0.1, 0.15) is 35.5 Å². The molecular weight excluding hydrogens is 364 g/mol. The first-order valence-electron chi connectivity index (χ1n) is 9.06. The lowest BCUT2D eigenvalue weighted by molar-refractivity contribution is -0.137. The highest BCUT2D eigenvalue weighted by Crippen LogP contribution is 2.27. The maximum Gasteiger partial charge on any atom is 0.259 e. The van der Waals surface area contributed by atoms with Crippen LogP contribution in [-0.2, 0) is 17.3 Å². The molecule has 0 aliphatic carbocycles. The van der Waals surface area contributed by atoms with Gasteiger partial charge in [-0.05, 0) is 26.3 Å². The molecule has 1 fully saturated rings. The number of nitrogens with zero attached hydrogens (tertiary/aromatic N) is 4. The van der Waals surface area contributed by atoms with Crippen LogP contribution in [0.15, 0.2) is 30.3 Å². The quantitative estimate of drug-likeness (QED) is 0.812. The van der Waals surface area contributed by atoms with E-state index in [2.05, 4.69) is 5.10 Å². The Morgan fingerprint density at radius 1 is 1.04 bits per heavy atom. The van der Waals surface area contributed by atoms with Crippen LogP contribution in [0.2, 0.25) is 5.15 Å². The number of carbonyl (C=O) groups is 2. The fourth-order valence-electron chi connectivity index (χ4n) is 3.52. The Bertz CT molecular complexity index is 852. The first kappa shape index (κ1) is 19.4. The van der Waals surface area contributed by atoms with Crippen molar-refractivity contribution in [2.24, 2.45) is 7.05 Å². The van der Waals surface area contributed by atoms with Gasteiger partial charge in [0.05, 0.1) is 16.7 Å². The molecule has 0 bridgehead atoms. The zero-order chi connectivity index (χ0) is 19.8. The van der Waals surface area contributed by atoms with Crippen LogP contribution < -0.4 is 0 Å². The number of benzene rings is 1. The summed E-state index contributed by atoms with van der Waals surface area (Å²) in [6.45, 7) is 7.67. The van der Waals surface area contributed by atoms with E-state index in [1.54, 1.807) is 18.9 Å². The number of piperazine rings is 1. The van der Waals surface area contributed by atoms with Crippen LogP contribution in [0, 0.1) is 6.92 Å². The van der Waals surface area contributed by atoms with E-state index >= 15 is 0 Å². The van der Waals surface area contributed by atoms with Crippen LogP contribution in [0.3, 0.4) is 0 Å². The third-order valence-corrected chi connectivity index (χ3v) is 5.68. The first-order valence-corrected chi connectivity index (χ1v) is 9.44. The predicted octanol–water partition coefficient (Wildman–Crippen LogP) is 2.64.